The Morgan fingerprint density at radius 2 is 1.87 bits per heavy atom. The molecule has 0 fully saturated rings. The molecule has 0 unspecified atom stereocenters. The van der Waals surface area contributed by atoms with Gasteiger partial charge in [0.15, 0.2) is 0 Å². The lowest BCUT2D eigenvalue weighted by Gasteiger charge is -2.20. The minimum absolute atomic E-state index is 0.749. The Bertz CT molecular complexity index is 458. The van der Waals surface area contributed by atoms with Crippen LogP contribution in [-0.4, -0.2) is 7.05 Å². The van der Waals surface area contributed by atoms with Crippen LogP contribution in [0.15, 0.2) is 35.5 Å². The molecule has 0 aromatic heterocycles. The summed E-state index contributed by atoms with van der Waals surface area (Å²) in [6.07, 6.45) is 3.99. The molecule has 78 valence electrons. The van der Waals surface area contributed by atoms with E-state index in [1.807, 2.05) is 18.0 Å². The number of fused-ring (bicyclic) bond motifs is 1. The number of anilines is 1. The fraction of sp³-hybridized carbons (Fsp3) is 0.231. The molecule has 0 radical (unpaired) electrons. The molecule has 0 atom stereocenters. The van der Waals surface area contributed by atoms with Crippen molar-refractivity contribution in [3.05, 3.63) is 46.6 Å². The van der Waals surface area contributed by atoms with Crippen molar-refractivity contribution in [2.75, 3.05) is 11.9 Å². The van der Waals surface area contributed by atoms with E-state index in [9.17, 15) is 0 Å². The molecule has 0 N–H and O–H groups in total. The van der Waals surface area contributed by atoms with Crippen LogP contribution < -0.4 is 4.90 Å². The number of nitrogens with zero attached hydrogens (tertiary/aromatic N) is 1. The Labute approximate surface area is 95.7 Å². The van der Waals surface area contributed by atoms with Gasteiger partial charge in [-0.05, 0) is 37.1 Å². The molecule has 0 bridgehead atoms. The van der Waals surface area contributed by atoms with Crippen LogP contribution in [0.1, 0.15) is 18.1 Å². The largest absolute Gasteiger partial charge is 0.335 e. The summed E-state index contributed by atoms with van der Waals surface area (Å²) in [6.45, 7) is 4.20. The molecule has 0 aliphatic carbocycles. The number of hydrogen-bond donors (Lipinski definition) is 0. The Morgan fingerprint density at radius 3 is 2.60 bits per heavy atom. The van der Waals surface area contributed by atoms with Crippen LogP contribution in [0.5, 0.6) is 0 Å². The lowest BCUT2D eigenvalue weighted by atomic mass is 10.0. The third-order valence-corrected chi connectivity index (χ3v) is 3.11. The number of hydrogen-bond acceptors (Lipinski definition) is 1. The maximum atomic E-state index is 6.16. The first kappa shape index (κ1) is 10.3. The average molecular weight is 220 g/mol. The molecule has 1 aromatic rings. The molecule has 1 aromatic carbocycles. The Kier molecular flexibility index (Phi) is 2.57. The van der Waals surface area contributed by atoms with Crippen molar-refractivity contribution in [1.82, 2.24) is 0 Å². The van der Waals surface area contributed by atoms with Crippen LogP contribution in [0.2, 0.25) is 0 Å². The van der Waals surface area contributed by atoms with Crippen LogP contribution >= 0.6 is 11.6 Å². The lowest BCUT2D eigenvalue weighted by molar-refractivity contribution is 1.17. The molecule has 0 saturated heterocycles. The highest BCUT2D eigenvalue weighted by Gasteiger charge is 2.13. The predicted molar refractivity (Wildman–Crippen MR) is 67.2 cm³/mol. The van der Waals surface area contributed by atoms with E-state index in [-0.39, 0.29) is 0 Å². The second-order valence-corrected chi connectivity index (χ2v) is 4.31. The molecule has 0 saturated carbocycles. The first-order chi connectivity index (χ1) is 7.09. The van der Waals surface area contributed by atoms with Gasteiger partial charge in [0.1, 0.15) is 5.16 Å². The van der Waals surface area contributed by atoms with Gasteiger partial charge in [0.25, 0.3) is 0 Å². The van der Waals surface area contributed by atoms with Crippen LogP contribution in [0.4, 0.5) is 5.69 Å². The Balaban J connectivity index is 2.66. The molecule has 1 aliphatic rings. The number of allylic oxidation sites excluding steroid dienone is 3. The van der Waals surface area contributed by atoms with E-state index in [2.05, 4.69) is 38.1 Å². The average Bonchev–Trinajstić information content (AvgIpc) is 2.32. The Hall–Kier alpha value is -1.21. The normalized spacial score (nSPS) is 15.3. The summed E-state index contributed by atoms with van der Waals surface area (Å²) >= 11 is 6.16. The first-order valence-electron chi connectivity index (χ1n) is 4.98. The van der Waals surface area contributed by atoms with E-state index in [0.717, 1.165) is 5.16 Å². The van der Waals surface area contributed by atoms with Gasteiger partial charge < -0.3 is 4.90 Å². The van der Waals surface area contributed by atoms with E-state index in [4.69, 9.17) is 11.6 Å². The molecule has 0 spiro atoms. The minimum Gasteiger partial charge on any atom is -0.335 e. The van der Waals surface area contributed by atoms with Gasteiger partial charge in [-0.3, -0.25) is 0 Å². The second-order valence-electron chi connectivity index (χ2n) is 3.92. The molecular formula is C13H14ClN. The molecule has 15 heavy (non-hydrogen) atoms. The summed E-state index contributed by atoms with van der Waals surface area (Å²) in [4.78, 5) is 2.01. The predicted octanol–water partition coefficient (Wildman–Crippen LogP) is 3.93. The number of aryl methyl sites for hydroxylation is 1. The van der Waals surface area contributed by atoms with Gasteiger partial charge in [0.05, 0.1) is 0 Å². The maximum Gasteiger partial charge on any atom is 0.109 e. The minimum atomic E-state index is 0.749. The summed E-state index contributed by atoms with van der Waals surface area (Å²) in [5.41, 5.74) is 4.91. The van der Waals surface area contributed by atoms with E-state index in [1.165, 1.54) is 22.4 Å². The standard InChI is InChI=1S/C13H14ClN/c1-9-4-6-11-10(2)5-7-13(14)15(3)12(11)8-9/h4-8H,1-3H3. The van der Waals surface area contributed by atoms with E-state index in [0.29, 0.717) is 0 Å². The smallest absolute Gasteiger partial charge is 0.109 e. The number of benzene rings is 1. The van der Waals surface area contributed by atoms with Gasteiger partial charge in [0.2, 0.25) is 0 Å². The quantitative estimate of drug-likeness (QED) is 0.598. The zero-order valence-corrected chi connectivity index (χ0v) is 9.97. The highest BCUT2D eigenvalue weighted by molar-refractivity contribution is 6.31. The highest BCUT2D eigenvalue weighted by Crippen LogP contribution is 2.33. The van der Waals surface area contributed by atoms with Gasteiger partial charge in [-0.15, -0.1) is 0 Å². The van der Waals surface area contributed by atoms with Gasteiger partial charge in [-0.25, -0.2) is 0 Å². The van der Waals surface area contributed by atoms with Crippen LogP contribution in [-0.2, 0) is 0 Å². The van der Waals surface area contributed by atoms with Crippen LogP contribution in [0.3, 0.4) is 0 Å². The fourth-order valence-electron chi connectivity index (χ4n) is 1.76. The van der Waals surface area contributed by atoms with Crippen molar-refractivity contribution in [1.29, 1.82) is 0 Å². The first-order valence-corrected chi connectivity index (χ1v) is 5.36. The van der Waals surface area contributed by atoms with Crippen molar-refractivity contribution in [2.24, 2.45) is 0 Å². The topological polar surface area (TPSA) is 3.24 Å². The summed E-state index contributed by atoms with van der Waals surface area (Å²) in [6, 6.07) is 6.44. The lowest BCUT2D eigenvalue weighted by Crippen LogP contribution is -2.13. The summed E-state index contributed by atoms with van der Waals surface area (Å²) < 4.78 is 0. The molecule has 2 heteroatoms. The molecular weight excluding hydrogens is 206 g/mol. The summed E-state index contributed by atoms with van der Waals surface area (Å²) in [5.74, 6) is 0. The summed E-state index contributed by atoms with van der Waals surface area (Å²) in [5, 5.41) is 0.749. The van der Waals surface area contributed by atoms with E-state index in [1.54, 1.807) is 0 Å². The zero-order chi connectivity index (χ0) is 11.0. The summed E-state index contributed by atoms with van der Waals surface area (Å²) in [7, 11) is 1.99. The highest BCUT2D eigenvalue weighted by atomic mass is 35.5. The van der Waals surface area contributed by atoms with Crippen molar-refractivity contribution < 1.29 is 0 Å². The molecule has 1 aliphatic heterocycles. The van der Waals surface area contributed by atoms with Crippen molar-refractivity contribution in [2.45, 2.75) is 13.8 Å². The van der Waals surface area contributed by atoms with Crippen molar-refractivity contribution in [3.8, 4) is 0 Å². The van der Waals surface area contributed by atoms with Crippen LogP contribution in [0, 0.1) is 6.92 Å². The van der Waals surface area contributed by atoms with Gasteiger partial charge in [0, 0.05) is 18.3 Å². The number of halogens is 1. The molecule has 2 rings (SSSR count). The molecule has 1 heterocycles. The number of rotatable bonds is 0. The van der Waals surface area contributed by atoms with Crippen LogP contribution in [0.25, 0.3) is 5.57 Å². The van der Waals surface area contributed by atoms with Gasteiger partial charge >= 0.3 is 0 Å². The maximum absolute atomic E-state index is 6.16. The fourth-order valence-corrected chi connectivity index (χ4v) is 1.92. The van der Waals surface area contributed by atoms with E-state index < -0.39 is 0 Å². The van der Waals surface area contributed by atoms with Crippen molar-refractivity contribution in [3.63, 3.8) is 0 Å². The Morgan fingerprint density at radius 1 is 1.13 bits per heavy atom. The van der Waals surface area contributed by atoms with Crippen molar-refractivity contribution >= 4 is 22.9 Å². The second kappa shape index (κ2) is 3.74. The monoisotopic (exact) mass is 219 g/mol. The van der Waals surface area contributed by atoms with E-state index >= 15 is 0 Å². The third kappa shape index (κ3) is 1.80. The third-order valence-electron chi connectivity index (χ3n) is 2.73. The zero-order valence-electron chi connectivity index (χ0n) is 9.21. The SMILES string of the molecule is CC1=CC=C(Cl)N(C)c2cc(C)ccc21. The molecule has 1 nitrogen and oxygen atoms in total. The van der Waals surface area contributed by atoms with Gasteiger partial charge in [-0.2, -0.15) is 0 Å². The van der Waals surface area contributed by atoms with Gasteiger partial charge in [-0.1, -0.05) is 29.8 Å². The molecule has 0 amide bonds.